The molecule has 2 N–H and O–H groups in total. The Morgan fingerprint density at radius 2 is 2.47 bits per heavy atom. The van der Waals surface area contributed by atoms with E-state index >= 15 is 0 Å². The zero-order valence-electron chi connectivity index (χ0n) is 9.97. The number of hydrogen-bond donors (Lipinski definition) is 2. The van der Waals surface area contributed by atoms with Crippen LogP contribution < -0.4 is 5.32 Å². The van der Waals surface area contributed by atoms with E-state index in [4.69, 9.17) is 0 Å². The standard InChI is InChI=1S/C13H18N2O2/c1-2-4-12(16)10-15-13(17)7-6-11-5-3-8-14-9-11/h3,5-9,12,16H,2,4,10H2,1H3,(H,15,17)/b7-6+. The molecule has 0 saturated carbocycles. The molecule has 1 unspecified atom stereocenters. The summed E-state index contributed by atoms with van der Waals surface area (Å²) in [7, 11) is 0. The van der Waals surface area contributed by atoms with E-state index in [-0.39, 0.29) is 5.91 Å². The number of aromatic nitrogens is 1. The smallest absolute Gasteiger partial charge is 0.244 e. The average Bonchev–Trinajstić information content (AvgIpc) is 2.35. The summed E-state index contributed by atoms with van der Waals surface area (Å²) in [6.45, 7) is 2.29. The van der Waals surface area contributed by atoms with E-state index in [0.717, 1.165) is 12.0 Å². The van der Waals surface area contributed by atoms with Gasteiger partial charge < -0.3 is 10.4 Å². The van der Waals surface area contributed by atoms with Gasteiger partial charge in [0.1, 0.15) is 0 Å². The predicted octanol–water partition coefficient (Wildman–Crippen LogP) is 1.37. The molecule has 0 radical (unpaired) electrons. The zero-order chi connectivity index (χ0) is 12.5. The Hall–Kier alpha value is -1.68. The third-order valence-electron chi connectivity index (χ3n) is 2.25. The highest BCUT2D eigenvalue weighted by molar-refractivity contribution is 5.91. The molecule has 1 aromatic heterocycles. The Labute approximate surface area is 101 Å². The van der Waals surface area contributed by atoms with Crippen molar-refractivity contribution in [1.82, 2.24) is 10.3 Å². The van der Waals surface area contributed by atoms with Gasteiger partial charge in [0.05, 0.1) is 6.10 Å². The van der Waals surface area contributed by atoms with Gasteiger partial charge in [-0.25, -0.2) is 0 Å². The number of hydrogen-bond acceptors (Lipinski definition) is 3. The number of amides is 1. The van der Waals surface area contributed by atoms with Crippen LogP contribution in [0.1, 0.15) is 25.3 Å². The number of aliphatic hydroxyl groups excluding tert-OH is 1. The maximum atomic E-state index is 11.4. The highest BCUT2D eigenvalue weighted by atomic mass is 16.3. The largest absolute Gasteiger partial charge is 0.391 e. The molecule has 92 valence electrons. The van der Waals surface area contributed by atoms with E-state index < -0.39 is 6.10 Å². The van der Waals surface area contributed by atoms with Gasteiger partial charge in [0.15, 0.2) is 0 Å². The summed E-state index contributed by atoms with van der Waals surface area (Å²) in [5.41, 5.74) is 0.872. The fourth-order valence-electron chi connectivity index (χ4n) is 1.36. The highest BCUT2D eigenvalue weighted by Gasteiger charge is 2.03. The Morgan fingerprint density at radius 3 is 3.12 bits per heavy atom. The van der Waals surface area contributed by atoms with Crippen molar-refractivity contribution >= 4 is 12.0 Å². The van der Waals surface area contributed by atoms with Crippen molar-refractivity contribution in [1.29, 1.82) is 0 Å². The topological polar surface area (TPSA) is 62.2 Å². The molecule has 1 heterocycles. The van der Waals surface area contributed by atoms with Crippen molar-refractivity contribution in [2.45, 2.75) is 25.9 Å². The van der Waals surface area contributed by atoms with Gasteiger partial charge in [-0.3, -0.25) is 9.78 Å². The lowest BCUT2D eigenvalue weighted by molar-refractivity contribution is -0.116. The highest BCUT2D eigenvalue weighted by Crippen LogP contribution is 1.98. The summed E-state index contributed by atoms with van der Waals surface area (Å²) in [6.07, 6.45) is 7.63. The van der Waals surface area contributed by atoms with Gasteiger partial charge in [0, 0.05) is 25.0 Å². The second-order valence-electron chi connectivity index (χ2n) is 3.81. The van der Waals surface area contributed by atoms with Crippen molar-refractivity contribution in [3.8, 4) is 0 Å². The predicted molar refractivity (Wildman–Crippen MR) is 67.2 cm³/mol. The molecule has 1 amide bonds. The first-order valence-corrected chi connectivity index (χ1v) is 5.76. The molecular formula is C13H18N2O2. The van der Waals surface area contributed by atoms with Crippen LogP contribution in [0.25, 0.3) is 6.08 Å². The van der Waals surface area contributed by atoms with E-state index in [1.54, 1.807) is 18.5 Å². The van der Waals surface area contributed by atoms with Crippen molar-refractivity contribution in [2.24, 2.45) is 0 Å². The van der Waals surface area contributed by atoms with E-state index in [2.05, 4.69) is 10.3 Å². The van der Waals surface area contributed by atoms with E-state index in [1.165, 1.54) is 6.08 Å². The number of carbonyl (C=O) groups excluding carboxylic acids is 1. The number of carbonyl (C=O) groups is 1. The number of nitrogens with zero attached hydrogens (tertiary/aromatic N) is 1. The minimum Gasteiger partial charge on any atom is -0.391 e. The molecular weight excluding hydrogens is 216 g/mol. The van der Waals surface area contributed by atoms with Gasteiger partial charge in [-0.2, -0.15) is 0 Å². The van der Waals surface area contributed by atoms with Crippen molar-refractivity contribution < 1.29 is 9.90 Å². The lowest BCUT2D eigenvalue weighted by atomic mass is 10.2. The molecule has 0 fully saturated rings. The van der Waals surface area contributed by atoms with Crippen LogP contribution in [0.3, 0.4) is 0 Å². The quantitative estimate of drug-likeness (QED) is 0.731. The van der Waals surface area contributed by atoms with Gasteiger partial charge in [-0.15, -0.1) is 0 Å². The molecule has 0 aliphatic carbocycles. The summed E-state index contributed by atoms with van der Waals surface area (Å²) in [5.74, 6) is -0.205. The van der Waals surface area contributed by atoms with Crippen LogP contribution in [-0.4, -0.2) is 28.6 Å². The Bertz CT molecular complexity index is 363. The van der Waals surface area contributed by atoms with Gasteiger partial charge in [0.2, 0.25) is 5.91 Å². The maximum Gasteiger partial charge on any atom is 0.244 e. The van der Waals surface area contributed by atoms with Gasteiger partial charge in [0.25, 0.3) is 0 Å². The second kappa shape index (κ2) is 7.57. The number of rotatable bonds is 6. The van der Waals surface area contributed by atoms with Crippen molar-refractivity contribution in [2.75, 3.05) is 6.54 Å². The molecule has 0 bridgehead atoms. The summed E-state index contributed by atoms with van der Waals surface area (Å²) in [4.78, 5) is 15.3. The Morgan fingerprint density at radius 1 is 1.65 bits per heavy atom. The summed E-state index contributed by atoms with van der Waals surface area (Å²) >= 11 is 0. The number of pyridine rings is 1. The van der Waals surface area contributed by atoms with Gasteiger partial charge in [-0.05, 0) is 24.1 Å². The van der Waals surface area contributed by atoms with E-state index in [1.807, 2.05) is 19.1 Å². The SMILES string of the molecule is CCCC(O)CNC(=O)/C=C/c1cccnc1. The van der Waals surface area contributed by atoms with Gasteiger partial charge in [-0.1, -0.05) is 19.4 Å². The van der Waals surface area contributed by atoms with Crippen molar-refractivity contribution in [3.63, 3.8) is 0 Å². The average molecular weight is 234 g/mol. The van der Waals surface area contributed by atoms with E-state index in [9.17, 15) is 9.90 Å². The molecule has 0 aromatic carbocycles. The molecule has 0 aliphatic heterocycles. The molecule has 0 spiro atoms. The van der Waals surface area contributed by atoms with Crippen LogP contribution in [0.4, 0.5) is 0 Å². The van der Waals surface area contributed by atoms with Crippen LogP contribution in [0.5, 0.6) is 0 Å². The Balaban J connectivity index is 2.32. The first-order chi connectivity index (χ1) is 8.22. The number of aliphatic hydroxyl groups is 1. The first-order valence-electron chi connectivity index (χ1n) is 5.76. The van der Waals surface area contributed by atoms with Crippen LogP contribution in [0, 0.1) is 0 Å². The third-order valence-corrected chi connectivity index (χ3v) is 2.25. The molecule has 0 saturated heterocycles. The van der Waals surface area contributed by atoms with Crippen LogP contribution >= 0.6 is 0 Å². The molecule has 1 aromatic rings. The van der Waals surface area contributed by atoms with Crippen molar-refractivity contribution in [3.05, 3.63) is 36.2 Å². The minimum atomic E-state index is -0.462. The summed E-state index contributed by atoms with van der Waals surface area (Å²) in [5, 5.41) is 12.1. The maximum absolute atomic E-state index is 11.4. The second-order valence-corrected chi connectivity index (χ2v) is 3.81. The van der Waals surface area contributed by atoms with Gasteiger partial charge >= 0.3 is 0 Å². The van der Waals surface area contributed by atoms with Crippen LogP contribution in [0.2, 0.25) is 0 Å². The fourth-order valence-corrected chi connectivity index (χ4v) is 1.36. The zero-order valence-corrected chi connectivity index (χ0v) is 9.97. The molecule has 1 rings (SSSR count). The van der Waals surface area contributed by atoms with Crippen LogP contribution in [-0.2, 0) is 4.79 Å². The Kier molecular flexibility index (Phi) is 5.96. The fraction of sp³-hybridized carbons (Fsp3) is 0.385. The monoisotopic (exact) mass is 234 g/mol. The lowest BCUT2D eigenvalue weighted by Crippen LogP contribution is -2.30. The molecule has 17 heavy (non-hydrogen) atoms. The first kappa shape index (κ1) is 13.4. The summed E-state index contributed by atoms with van der Waals surface area (Å²) < 4.78 is 0. The van der Waals surface area contributed by atoms with Crippen LogP contribution in [0.15, 0.2) is 30.6 Å². The molecule has 1 atom stereocenters. The summed E-state index contributed by atoms with van der Waals surface area (Å²) in [6, 6.07) is 3.67. The van der Waals surface area contributed by atoms with E-state index in [0.29, 0.717) is 13.0 Å². The molecule has 4 heteroatoms. The normalized spacial score (nSPS) is 12.6. The lowest BCUT2D eigenvalue weighted by Gasteiger charge is -2.08. The minimum absolute atomic E-state index is 0.205. The molecule has 0 aliphatic rings. The third kappa shape index (κ3) is 5.82. The molecule has 4 nitrogen and oxygen atoms in total. The number of nitrogens with one attached hydrogen (secondary N) is 1.